The van der Waals surface area contributed by atoms with Crippen LogP contribution in [0.15, 0.2) is 51.9 Å². The van der Waals surface area contributed by atoms with E-state index in [1.807, 2.05) is 30.3 Å². The summed E-state index contributed by atoms with van der Waals surface area (Å²) in [6.45, 7) is 0.279. The van der Waals surface area contributed by atoms with E-state index < -0.39 is 16.2 Å². The van der Waals surface area contributed by atoms with Crippen molar-refractivity contribution < 1.29 is 9.66 Å². The molecule has 0 saturated heterocycles. The Morgan fingerprint density at radius 1 is 1.30 bits per heavy atom. The Morgan fingerprint density at radius 2 is 2.00 bits per heavy atom. The van der Waals surface area contributed by atoms with Gasteiger partial charge in [0.1, 0.15) is 6.73 Å². The molecular formula is C13H11BrN2O4. The van der Waals surface area contributed by atoms with Gasteiger partial charge < -0.3 is 4.74 Å². The van der Waals surface area contributed by atoms with Gasteiger partial charge in [-0.1, -0.05) is 30.3 Å². The second-order valence-corrected chi connectivity index (χ2v) is 4.95. The molecule has 0 spiro atoms. The van der Waals surface area contributed by atoms with E-state index >= 15 is 0 Å². The van der Waals surface area contributed by atoms with E-state index in [4.69, 9.17) is 4.74 Å². The third kappa shape index (κ3) is 3.52. The predicted octanol–water partition coefficient (Wildman–Crippen LogP) is 2.69. The lowest BCUT2D eigenvalue weighted by Crippen LogP contribution is -2.23. The van der Waals surface area contributed by atoms with E-state index in [1.165, 1.54) is 12.3 Å². The lowest BCUT2D eigenvalue weighted by Gasteiger charge is -2.07. The molecule has 6 nitrogen and oxygen atoms in total. The number of benzene rings is 1. The van der Waals surface area contributed by atoms with Gasteiger partial charge in [0.15, 0.2) is 0 Å². The van der Waals surface area contributed by atoms with Crippen molar-refractivity contribution >= 4 is 21.6 Å². The molecule has 0 radical (unpaired) electrons. The molecule has 7 heteroatoms. The molecule has 0 atom stereocenters. The largest absolute Gasteiger partial charge is 0.356 e. The summed E-state index contributed by atoms with van der Waals surface area (Å²) >= 11 is 3.13. The lowest BCUT2D eigenvalue weighted by atomic mass is 10.2. The fourth-order valence-electron chi connectivity index (χ4n) is 1.65. The maximum atomic E-state index is 11.8. The molecule has 0 amide bonds. The van der Waals surface area contributed by atoms with E-state index in [0.717, 1.165) is 10.1 Å². The van der Waals surface area contributed by atoms with Crippen LogP contribution in [-0.4, -0.2) is 9.49 Å². The predicted molar refractivity (Wildman–Crippen MR) is 76.3 cm³/mol. The van der Waals surface area contributed by atoms with Crippen LogP contribution in [-0.2, 0) is 18.1 Å². The van der Waals surface area contributed by atoms with Gasteiger partial charge in [0.2, 0.25) is 0 Å². The van der Waals surface area contributed by atoms with Crippen molar-refractivity contribution in [2.24, 2.45) is 0 Å². The first-order valence-corrected chi connectivity index (χ1v) is 6.53. The van der Waals surface area contributed by atoms with Gasteiger partial charge in [0.25, 0.3) is 0 Å². The number of hydrogen-bond acceptors (Lipinski definition) is 4. The highest BCUT2D eigenvalue weighted by Crippen LogP contribution is 2.14. The van der Waals surface area contributed by atoms with Gasteiger partial charge in [-0.25, -0.2) is 0 Å². The van der Waals surface area contributed by atoms with Gasteiger partial charge >= 0.3 is 11.2 Å². The first-order chi connectivity index (χ1) is 9.58. The molecule has 0 N–H and O–H groups in total. The number of aromatic nitrogens is 1. The van der Waals surface area contributed by atoms with Crippen molar-refractivity contribution in [3.8, 4) is 0 Å². The van der Waals surface area contributed by atoms with Crippen molar-refractivity contribution in [1.82, 2.24) is 4.57 Å². The summed E-state index contributed by atoms with van der Waals surface area (Å²) in [5.74, 6) is 0. The molecule has 0 fully saturated rings. The van der Waals surface area contributed by atoms with Crippen LogP contribution in [0.2, 0.25) is 0 Å². The minimum atomic E-state index is -0.708. The zero-order chi connectivity index (χ0) is 14.5. The fourth-order valence-corrected chi connectivity index (χ4v) is 2.11. The molecule has 0 saturated carbocycles. The highest BCUT2D eigenvalue weighted by molar-refractivity contribution is 9.10. The third-order valence-electron chi connectivity index (χ3n) is 2.57. The van der Waals surface area contributed by atoms with Crippen molar-refractivity contribution in [1.29, 1.82) is 0 Å². The molecule has 20 heavy (non-hydrogen) atoms. The number of ether oxygens (including phenoxy) is 1. The van der Waals surface area contributed by atoms with E-state index in [2.05, 4.69) is 15.9 Å². The van der Waals surface area contributed by atoms with E-state index in [0.29, 0.717) is 11.1 Å². The number of halogens is 1. The summed E-state index contributed by atoms with van der Waals surface area (Å²) in [6.07, 6.45) is 1.46. The van der Waals surface area contributed by atoms with Crippen LogP contribution in [0.25, 0.3) is 0 Å². The molecule has 1 heterocycles. The summed E-state index contributed by atoms with van der Waals surface area (Å²) in [5, 5.41) is 10.8. The standard InChI is InChI=1S/C13H11BrN2O4/c14-11-6-12(16(18)19)13(17)15(7-11)9-20-8-10-4-2-1-3-5-10/h1-7H,8-9H2. The van der Waals surface area contributed by atoms with Gasteiger partial charge in [-0.15, -0.1) is 0 Å². The Bertz CT molecular complexity index is 670. The molecule has 0 bridgehead atoms. The summed E-state index contributed by atoms with van der Waals surface area (Å²) in [7, 11) is 0. The van der Waals surface area contributed by atoms with Crippen LogP contribution >= 0.6 is 15.9 Å². The van der Waals surface area contributed by atoms with E-state index in [1.54, 1.807) is 0 Å². The van der Waals surface area contributed by atoms with Crippen molar-refractivity contribution in [2.45, 2.75) is 13.3 Å². The van der Waals surface area contributed by atoms with Crippen LogP contribution in [0.3, 0.4) is 0 Å². The molecule has 2 rings (SSSR count). The number of nitrogens with zero attached hydrogens (tertiary/aromatic N) is 2. The Hall–Kier alpha value is -1.99. The topological polar surface area (TPSA) is 74.4 Å². The molecule has 104 valence electrons. The van der Waals surface area contributed by atoms with Crippen LogP contribution in [0.5, 0.6) is 0 Å². The number of nitro groups is 1. The van der Waals surface area contributed by atoms with Gasteiger partial charge in [0, 0.05) is 16.7 Å². The Labute approximate surface area is 122 Å². The summed E-state index contributed by atoms with van der Waals surface area (Å²) < 4.78 is 7.00. The summed E-state index contributed by atoms with van der Waals surface area (Å²) in [6, 6.07) is 10.6. The van der Waals surface area contributed by atoms with E-state index in [9.17, 15) is 14.9 Å². The number of rotatable bonds is 5. The first kappa shape index (κ1) is 14.4. The van der Waals surface area contributed by atoms with Crippen molar-refractivity contribution in [3.05, 3.63) is 73.1 Å². The maximum absolute atomic E-state index is 11.8. The number of hydrogen-bond donors (Lipinski definition) is 0. The molecule has 2 aromatic rings. The Morgan fingerprint density at radius 3 is 2.65 bits per heavy atom. The van der Waals surface area contributed by atoms with Crippen molar-refractivity contribution in [3.63, 3.8) is 0 Å². The van der Waals surface area contributed by atoms with Gasteiger partial charge in [0.05, 0.1) is 11.5 Å². The molecule has 1 aromatic heterocycles. The van der Waals surface area contributed by atoms with Crippen LogP contribution in [0.4, 0.5) is 5.69 Å². The van der Waals surface area contributed by atoms with Gasteiger partial charge in [-0.05, 0) is 21.5 Å². The smallest absolute Gasteiger partial charge is 0.335 e. The molecule has 0 unspecified atom stereocenters. The van der Waals surface area contributed by atoms with Crippen LogP contribution < -0.4 is 5.56 Å². The minimum Gasteiger partial charge on any atom is -0.356 e. The minimum absolute atomic E-state index is 0.0476. The Kier molecular flexibility index (Phi) is 4.65. The van der Waals surface area contributed by atoms with Gasteiger partial charge in [-0.3, -0.25) is 19.5 Å². The fraction of sp³-hybridized carbons (Fsp3) is 0.154. The lowest BCUT2D eigenvalue weighted by molar-refractivity contribution is -0.386. The quantitative estimate of drug-likeness (QED) is 0.620. The normalized spacial score (nSPS) is 10.4. The second-order valence-electron chi connectivity index (χ2n) is 4.04. The highest BCUT2D eigenvalue weighted by atomic mass is 79.9. The monoisotopic (exact) mass is 338 g/mol. The SMILES string of the molecule is O=c1c([N+](=O)[O-])cc(Br)cn1COCc1ccccc1. The molecule has 0 aliphatic heterocycles. The summed E-state index contributed by atoms with van der Waals surface area (Å²) in [4.78, 5) is 21.9. The van der Waals surface area contributed by atoms with Crippen molar-refractivity contribution in [2.75, 3.05) is 0 Å². The Balaban J connectivity index is 2.10. The maximum Gasteiger partial charge on any atom is 0.335 e. The van der Waals surface area contributed by atoms with Gasteiger partial charge in [-0.2, -0.15) is 0 Å². The van der Waals surface area contributed by atoms with Crippen LogP contribution in [0.1, 0.15) is 5.56 Å². The average Bonchev–Trinajstić information content (AvgIpc) is 2.43. The summed E-state index contributed by atoms with van der Waals surface area (Å²) in [5.41, 5.74) is -0.209. The molecule has 0 aliphatic carbocycles. The zero-order valence-electron chi connectivity index (χ0n) is 10.4. The molecular weight excluding hydrogens is 328 g/mol. The number of pyridine rings is 1. The zero-order valence-corrected chi connectivity index (χ0v) is 11.9. The van der Waals surface area contributed by atoms with Crippen LogP contribution in [0, 0.1) is 10.1 Å². The molecule has 1 aromatic carbocycles. The molecule has 0 aliphatic rings. The van der Waals surface area contributed by atoms with E-state index in [-0.39, 0.29) is 6.73 Å². The first-order valence-electron chi connectivity index (χ1n) is 5.74. The second kappa shape index (κ2) is 6.44. The average molecular weight is 339 g/mol. The highest BCUT2D eigenvalue weighted by Gasteiger charge is 2.15. The third-order valence-corrected chi connectivity index (χ3v) is 3.01.